The van der Waals surface area contributed by atoms with E-state index < -0.39 is 11.6 Å². The van der Waals surface area contributed by atoms with Gasteiger partial charge in [-0.25, -0.2) is 8.78 Å². The molecule has 1 saturated carbocycles. The molecule has 1 aliphatic carbocycles. The van der Waals surface area contributed by atoms with Gasteiger partial charge in [-0.05, 0) is 51.6 Å². The van der Waals surface area contributed by atoms with Crippen molar-refractivity contribution >= 4 is 0 Å². The van der Waals surface area contributed by atoms with Gasteiger partial charge in [0.1, 0.15) is 11.6 Å². The van der Waals surface area contributed by atoms with Crippen LogP contribution in [0.1, 0.15) is 44.2 Å². The van der Waals surface area contributed by atoms with Crippen LogP contribution < -0.4 is 5.32 Å². The Morgan fingerprint density at radius 1 is 1.15 bits per heavy atom. The van der Waals surface area contributed by atoms with Crippen molar-refractivity contribution in [1.82, 2.24) is 10.2 Å². The first-order chi connectivity index (χ1) is 9.43. The van der Waals surface area contributed by atoms with Crippen LogP contribution in [0.2, 0.25) is 0 Å². The fourth-order valence-corrected chi connectivity index (χ4v) is 3.10. The lowest BCUT2D eigenvalue weighted by atomic mass is 9.95. The summed E-state index contributed by atoms with van der Waals surface area (Å²) in [6.45, 7) is 2.80. The molecule has 20 heavy (non-hydrogen) atoms. The third kappa shape index (κ3) is 3.36. The van der Waals surface area contributed by atoms with Gasteiger partial charge in [-0.3, -0.25) is 0 Å². The maximum Gasteiger partial charge on any atom is 0.126 e. The molecule has 4 heteroatoms. The number of hydrogen-bond acceptors (Lipinski definition) is 2. The third-order valence-corrected chi connectivity index (χ3v) is 4.61. The number of halogens is 2. The predicted molar refractivity (Wildman–Crippen MR) is 77.7 cm³/mol. The molecule has 1 aromatic carbocycles. The highest BCUT2D eigenvalue weighted by Crippen LogP contribution is 2.33. The van der Waals surface area contributed by atoms with Gasteiger partial charge >= 0.3 is 0 Å². The number of rotatable bonds is 5. The van der Waals surface area contributed by atoms with E-state index >= 15 is 0 Å². The van der Waals surface area contributed by atoms with Gasteiger partial charge in [-0.15, -0.1) is 0 Å². The molecular formula is C16H24F2N2. The maximum atomic E-state index is 13.3. The van der Waals surface area contributed by atoms with E-state index in [1.807, 2.05) is 6.92 Å². The van der Waals surface area contributed by atoms with Crippen LogP contribution in [0.4, 0.5) is 8.78 Å². The zero-order valence-electron chi connectivity index (χ0n) is 12.5. The number of nitrogens with zero attached hydrogens (tertiary/aromatic N) is 1. The minimum Gasteiger partial charge on any atom is -0.308 e. The zero-order chi connectivity index (χ0) is 14.8. The largest absolute Gasteiger partial charge is 0.308 e. The van der Waals surface area contributed by atoms with Gasteiger partial charge in [0.15, 0.2) is 0 Å². The molecular weight excluding hydrogens is 258 g/mol. The van der Waals surface area contributed by atoms with Crippen LogP contribution in [0.3, 0.4) is 0 Å². The summed E-state index contributed by atoms with van der Waals surface area (Å²) in [6, 6.07) is 3.65. The number of likely N-dealkylation sites (N-methyl/N-ethyl adjacent to an activating group) is 1. The lowest BCUT2D eigenvalue weighted by molar-refractivity contribution is 0.150. The summed E-state index contributed by atoms with van der Waals surface area (Å²) in [7, 11) is 4.22. The Bertz CT molecular complexity index is 434. The van der Waals surface area contributed by atoms with E-state index in [0.29, 0.717) is 5.56 Å². The summed E-state index contributed by atoms with van der Waals surface area (Å²) in [5, 5.41) is 3.44. The van der Waals surface area contributed by atoms with Crippen molar-refractivity contribution in [2.75, 3.05) is 20.6 Å². The second-order valence-electron chi connectivity index (χ2n) is 6.13. The molecule has 0 aromatic heterocycles. The maximum absolute atomic E-state index is 13.3. The number of nitrogens with one attached hydrogen (secondary N) is 1. The Hall–Kier alpha value is -1.00. The van der Waals surface area contributed by atoms with Crippen LogP contribution in [0.25, 0.3) is 0 Å². The lowest BCUT2D eigenvalue weighted by Gasteiger charge is -2.37. The van der Waals surface area contributed by atoms with E-state index in [4.69, 9.17) is 0 Å². The fourth-order valence-electron chi connectivity index (χ4n) is 3.10. The highest BCUT2D eigenvalue weighted by Gasteiger charge is 2.35. The molecule has 0 heterocycles. The van der Waals surface area contributed by atoms with E-state index in [1.54, 1.807) is 0 Å². The first-order valence-corrected chi connectivity index (χ1v) is 7.30. The van der Waals surface area contributed by atoms with Crippen LogP contribution in [0.15, 0.2) is 18.2 Å². The van der Waals surface area contributed by atoms with Gasteiger partial charge in [0, 0.05) is 24.2 Å². The molecule has 2 nitrogen and oxygen atoms in total. The SMILES string of the molecule is CC(NCC1(N(C)C)CCCC1)c1cc(F)cc(F)c1. The zero-order valence-corrected chi connectivity index (χ0v) is 12.5. The van der Waals surface area contributed by atoms with Crippen molar-refractivity contribution in [3.05, 3.63) is 35.4 Å². The molecule has 0 spiro atoms. The van der Waals surface area contributed by atoms with Crippen molar-refractivity contribution in [2.24, 2.45) is 0 Å². The van der Waals surface area contributed by atoms with E-state index in [-0.39, 0.29) is 11.6 Å². The average Bonchev–Trinajstić information content (AvgIpc) is 2.84. The molecule has 1 aliphatic rings. The van der Waals surface area contributed by atoms with Gasteiger partial charge in [0.2, 0.25) is 0 Å². The summed E-state index contributed by atoms with van der Waals surface area (Å²) in [6.07, 6.45) is 4.86. The minimum absolute atomic E-state index is 0.0578. The molecule has 0 radical (unpaired) electrons. The lowest BCUT2D eigenvalue weighted by Crippen LogP contribution is -2.50. The first kappa shape index (κ1) is 15.4. The fraction of sp³-hybridized carbons (Fsp3) is 0.625. The van der Waals surface area contributed by atoms with Crippen molar-refractivity contribution in [3.8, 4) is 0 Å². The van der Waals surface area contributed by atoms with Crippen molar-refractivity contribution in [1.29, 1.82) is 0 Å². The van der Waals surface area contributed by atoms with Crippen LogP contribution in [0, 0.1) is 11.6 Å². The Morgan fingerprint density at radius 2 is 1.70 bits per heavy atom. The topological polar surface area (TPSA) is 15.3 Å². The van der Waals surface area contributed by atoms with Gasteiger partial charge in [0.25, 0.3) is 0 Å². The monoisotopic (exact) mass is 282 g/mol. The summed E-state index contributed by atoms with van der Waals surface area (Å²) in [5.74, 6) is -1.03. The summed E-state index contributed by atoms with van der Waals surface area (Å²) in [4.78, 5) is 2.28. The molecule has 1 aromatic rings. The summed E-state index contributed by atoms with van der Waals surface area (Å²) in [5.41, 5.74) is 0.842. The van der Waals surface area contributed by atoms with Crippen LogP contribution in [-0.2, 0) is 0 Å². The van der Waals surface area contributed by atoms with Gasteiger partial charge in [-0.2, -0.15) is 0 Å². The Kier molecular flexibility index (Phi) is 4.76. The highest BCUT2D eigenvalue weighted by molar-refractivity contribution is 5.21. The first-order valence-electron chi connectivity index (χ1n) is 7.30. The number of hydrogen-bond donors (Lipinski definition) is 1. The number of benzene rings is 1. The van der Waals surface area contributed by atoms with Crippen molar-refractivity contribution in [2.45, 2.75) is 44.2 Å². The van der Waals surface area contributed by atoms with Gasteiger partial charge in [0.05, 0.1) is 0 Å². The smallest absolute Gasteiger partial charge is 0.126 e. The van der Waals surface area contributed by atoms with Crippen molar-refractivity contribution < 1.29 is 8.78 Å². The normalized spacial score (nSPS) is 19.5. The molecule has 0 bridgehead atoms. The van der Waals surface area contributed by atoms with Gasteiger partial charge in [-0.1, -0.05) is 12.8 Å². The van der Waals surface area contributed by atoms with Crippen LogP contribution >= 0.6 is 0 Å². The Balaban J connectivity index is 2.02. The molecule has 1 atom stereocenters. The molecule has 1 fully saturated rings. The molecule has 2 rings (SSSR count). The standard InChI is InChI=1S/C16H24F2N2/c1-12(13-8-14(17)10-15(18)9-13)19-11-16(20(2)3)6-4-5-7-16/h8-10,12,19H,4-7,11H2,1-3H3. The predicted octanol–water partition coefficient (Wildman–Crippen LogP) is 3.49. The van der Waals surface area contributed by atoms with E-state index in [0.717, 1.165) is 12.6 Å². The second-order valence-corrected chi connectivity index (χ2v) is 6.13. The van der Waals surface area contributed by atoms with E-state index in [9.17, 15) is 8.78 Å². The van der Waals surface area contributed by atoms with Crippen molar-refractivity contribution in [3.63, 3.8) is 0 Å². The molecule has 0 saturated heterocycles. The van der Waals surface area contributed by atoms with Crippen LogP contribution in [0.5, 0.6) is 0 Å². The highest BCUT2D eigenvalue weighted by atomic mass is 19.1. The Morgan fingerprint density at radius 3 is 2.20 bits per heavy atom. The average molecular weight is 282 g/mol. The molecule has 1 unspecified atom stereocenters. The molecule has 1 N–H and O–H groups in total. The molecule has 0 aliphatic heterocycles. The third-order valence-electron chi connectivity index (χ3n) is 4.61. The summed E-state index contributed by atoms with van der Waals surface area (Å²) < 4.78 is 26.5. The molecule has 0 amide bonds. The quantitative estimate of drug-likeness (QED) is 0.889. The van der Waals surface area contributed by atoms with E-state index in [1.165, 1.54) is 37.8 Å². The van der Waals surface area contributed by atoms with Gasteiger partial charge < -0.3 is 10.2 Å². The van der Waals surface area contributed by atoms with E-state index in [2.05, 4.69) is 24.3 Å². The molecule has 112 valence electrons. The Labute approximate surface area is 120 Å². The van der Waals surface area contributed by atoms with Crippen LogP contribution in [-0.4, -0.2) is 31.1 Å². The summed E-state index contributed by atoms with van der Waals surface area (Å²) >= 11 is 0. The minimum atomic E-state index is -0.517. The second kappa shape index (κ2) is 6.19.